The van der Waals surface area contributed by atoms with Crippen LogP contribution in [0.15, 0.2) is 24.3 Å². The molecule has 2 nitrogen and oxygen atoms in total. The molecule has 1 amide bonds. The van der Waals surface area contributed by atoms with Crippen LogP contribution in [-0.2, 0) is 4.79 Å². The zero-order valence-electron chi connectivity index (χ0n) is 7.98. The predicted octanol–water partition coefficient (Wildman–Crippen LogP) is 2.23. The third kappa shape index (κ3) is 1.29. The highest BCUT2D eigenvalue weighted by atomic mass is 19.1. The third-order valence-corrected chi connectivity index (χ3v) is 2.79. The SMILES string of the molecule is C[C@@H]1c2ccccc2C(F)CN1C=O. The molecule has 0 aromatic heterocycles. The molecule has 1 aromatic rings. The van der Waals surface area contributed by atoms with Gasteiger partial charge < -0.3 is 4.90 Å². The number of halogens is 1. The van der Waals surface area contributed by atoms with Gasteiger partial charge in [0.2, 0.25) is 6.41 Å². The molecule has 3 heteroatoms. The lowest BCUT2D eigenvalue weighted by Crippen LogP contribution is -2.34. The predicted molar refractivity (Wildman–Crippen MR) is 51.5 cm³/mol. The highest BCUT2D eigenvalue weighted by Crippen LogP contribution is 2.35. The number of nitrogens with zero attached hydrogens (tertiary/aromatic N) is 1. The first-order valence-corrected chi connectivity index (χ1v) is 4.68. The van der Waals surface area contributed by atoms with Crippen LogP contribution in [-0.4, -0.2) is 17.9 Å². The van der Waals surface area contributed by atoms with Crippen molar-refractivity contribution in [2.75, 3.05) is 6.54 Å². The molecule has 0 N–H and O–H groups in total. The molecule has 1 heterocycles. The molecule has 2 atom stereocenters. The van der Waals surface area contributed by atoms with Crippen molar-refractivity contribution in [3.63, 3.8) is 0 Å². The highest BCUT2D eigenvalue weighted by molar-refractivity contribution is 5.51. The van der Waals surface area contributed by atoms with Gasteiger partial charge in [-0.15, -0.1) is 0 Å². The molecule has 2 rings (SSSR count). The zero-order chi connectivity index (χ0) is 10.1. The number of amides is 1. The first-order chi connectivity index (χ1) is 6.74. The minimum absolute atomic E-state index is 0.0179. The van der Waals surface area contributed by atoms with E-state index in [-0.39, 0.29) is 12.6 Å². The van der Waals surface area contributed by atoms with Crippen LogP contribution in [0.4, 0.5) is 4.39 Å². The lowest BCUT2D eigenvalue weighted by Gasteiger charge is -2.34. The molecule has 1 aliphatic rings. The van der Waals surface area contributed by atoms with Crippen molar-refractivity contribution < 1.29 is 9.18 Å². The average molecular weight is 193 g/mol. The Morgan fingerprint density at radius 1 is 1.43 bits per heavy atom. The Bertz CT molecular complexity index is 353. The lowest BCUT2D eigenvalue weighted by atomic mass is 9.93. The summed E-state index contributed by atoms with van der Waals surface area (Å²) in [7, 11) is 0. The summed E-state index contributed by atoms with van der Waals surface area (Å²) in [5, 5.41) is 0. The molecule has 0 bridgehead atoms. The molecular formula is C11H12FNO. The monoisotopic (exact) mass is 193 g/mol. The van der Waals surface area contributed by atoms with E-state index in [2.05, 4.69) is 0 Å². The highest BCUT2D eigenvalue weighted by Gasteiger charge is 2.28. The molecule has 74 valence electrons. The molecule has 0 saturated heterocycles. The zero-order valence-corrected chi connectivity index (χ0v) is 7.98. The number of benzene rings is 1. The van der Waals surface area contributed by atoms with E-state index >= 15 is 0 Å². The van der Waals surface area contributed by atoms with E-state index in [0.717, 1.165) is 11.1 Å². The first-order valence-electron chi connectivity index (χ1n) is 4.68. The maximum atomic E-state index is 13.6. The van der Waals surface area contributed by atoms with E-state index in [0.29, 0.717) is 6.41 Å². The van der Waals surface area contributed by atoms with Gasteiger partial charge in [-0.1, -0.05) is 24.3 Å². The Labute approximate surface area is 82.3 Å². The van der Waals surface area contributed by atoms with Gasteiger partial charge in [0.1, 0.15) is 6.17 Å². The average Bonchev–Trinajstić information content (AvgIpc) is 2.23. The molecular weight excluding hydrogens is 181 g/mol. The van der Waals surface area contributed by atoms with Gasteiger partial charge >= 0.3 is 0 Å². The van der Waals surface area contributed by atoms with Crippen LogP contribution in [0.5, 0.6) is 0 Å². The number of hydrogen-bond donors (Lipinski definition) is 0. The molecule has 0 aliphatic carbocycles. The van der Waals surface area contributed by atoms with Crippen molar-refractivity contribution in [1.82, 2.24) is 4.90 Å². The minimum Gasteiger partial charge on any atom is -0.335 e. The van der Waals surface area contributed by atoms with Crippen LogP contribution in [0.2, 0.25) is 0 Å². The Hall–Kier alpha value is -1.38. The van der Waals surface area contributed by atoms with Crippen molar-refractivity contribution in [3.8, 4) is 0 Å². The Balaban J connectivity index is 2.45. The Morgan fingerprint density at radius 3 is 2.71 bits per heavy atom. The summed E-state index contributed by atoms with van der Waals surface area (Å²) < 4.78 is 13.6. The Kier molecular flexibility index (Phi) is 2.23. The molecule has 1 unspecified atom stereocenters. The normalized spacial score (nSPS) is 25.7. The Morgan fingerprint density at radius 2 is 2.07 bits per heavy atom. The van der Waals surface area contributed by atoms with Gasteiger partial charge in [-0.3, -0.25) is 4.79 Å². The number of alkyl halides is 1. The number of carbonyl (C=O) groups excluding carboxylic acids is 1. The maximum Gasteiger partial charge on any atom is 0.210 e. The largest absolute Gasteiger partial charge is 0.335 e. The summed E-state index contributed by atoms with van der Waals surface area (Å²) in [6.45, 7) is 2.08. The molecule has 0 saturated carbocycles. The van der Waals surface area contributed by atoms with Gasteiger partial charge in [-0.25, -0.2) is 4.39 Å². The summed E-state index contributed by atoms with van der Waals surface area (Å²) in [5.41, 5.74) is 1.64. The summed E-state index contributed by atoms with van der Waals surface area (Å²) in [6.07, 6.45) is -0.333. The standard InChI is InChI=1S/C11H12FNO/c1-8-9-4-2-3-5-10(9)11(12)6-13(8)7-14/h2-5,7-8,11H,6H2,1H3/t8-,11?/m1/s1. The van der Waals surface area contributed by atoms with E-state index < -0.39 is 6.17 Å². The first kappa shape index (κ1) is 9.19. The van der Waals surface area contributed by atoms with Crippen LogP contribution in [0.1, 0.15) is 30.3 Å². The summed E-state index contributed by atoms with van der Waals surface area (Å²) >= 11 is 0. The number of hydrogen-bond acceptors (Lipinski definition) is 1. The van der Waals surface area contributed by atoms with Crippen LogP contribution in [0, 0.1) is 0 Å². The van der Waals surface area contributed by atoms with E-state index in [1.807, 2.05) is 25.1 Å². The second-order valence-electron chi connectivity index (χ2n) is 3.57. The van der Waals surface area contributed by atoms with Crippen molar-refractivity contribution in [2.24, 2.45) is 0 Å². The summed E-state index contributed by atoms with van der Waals surface area (Å²) in [4.78, 5) is 12.2. The van der Waals surface area contributed by atoms with E-state index in [1.54, 1.807) is 6.07 Å². The number of fused-ring (bicyclic) bond motifs is 1. The molecule has 0 fully saturated rings. The molecule has 0 spiro atoms. The fraction of sp³-hybridized carbons (Fsp3) is 0.364. The van der Waals surface area contributed by atoms with Crippen LogP contribution in [0.25, 0.3) is 0 Å². The van der Waals surface area contributed by atoms with Gasteiger partial charge in [0.05, 0.1) is 12.6 Å². The van der Waals surface area contributed by atoms with E-state index in [9.17, 15) is 9.18 Å². The molecule has 1 aliphatic heterocycles. The summed E-state index contributed by atoms with van der Waals surface area (Å²) in [6, 6.07) is 7.35. The summed E-state index contributed by atoms with van der Waals surface area (Å²) in [5.74, 6) is 0. The fourth-order valence-electron chi connectivity index (χ4n) is 1.93. The van der Waals surface area contributed by atoms with Gasteiger partial charge in [0.15, 0.2) is 0 Å². The lowest BCUT2D eigenvalue weighted by molar-refractivity contribution is -0.121. The third-order valence-electron chi connectivity index (χ3n) is 2.79. The van der Waals surface area contributed by atoms with Crippen molar-refractivity contribution in [1.29, 1.82) is 0 Å². The molecule has 0 radical (unpaired) electrons. The smallest absolute Gasteiger partial charge is 0.210 e. The molecule has 1 aromatic carbocycles. The van der Waals surface area contributed by atoms with E-state index in [1.165, 1.54) is 4.90 Å². The van der Waals surface area contributed by atoms with Crippen LogP contribution >= 0.6 is 0 Å². The number of carbonyl (C=O) groups is 1. The quantitative estimate of drug-likeness (QED) is 0.626. The van der Waals surface area contributed by atoms with Gasteiger partial charge in [0.25, 0.3) is 0 Å². The molecule has 14 heavy (non-hydrogen) atoms. The van der Waals surface area contributed by atoms with Crippen molar-refractivity contribution in [2.45, 2.75) is 19.1 Å². The second kappa shape index (κ2) is 3.40. The fourth-order valence-corrected chi connectivity index (χ4v) is 1.93. The van der Waals surface area contributed by atoms with Crippen LogP contribution < -0.4 is 0 Å². The van der Waals surface area contributed by atoms with Crippen molar-refractivity contribution in [3.05, 3.63) is 35.4 Å². The second-order valence-corrected chi connectivity index (χ2v) is 3.57. The number of rotatable bonds is 1. The van der Waals surface area contributed by atoms with Gasteiger partial charge in [-0.05, 0) is 18.1 Å². The van der Waals surface area contributed by atoms with Gasteiger partial charge in [-0.2, -0.15) is 0 Å². The topological polar surface area (TPSA) is 20.3 Å². The maximum absolute atomic E-state index is 13.6. The van der Waals surface area contributed by atoms with Gasteiger partial charge in [0, 0.05) is 0 Å². The minimum atomic E-state index is -1.05. The van der Waals surface area contributed by atoms with Crippen LogP contribution in [0.3, 0.4) is 0 Å². The van der Waals surface area contributed by atoms with E-state index in [4.69, 9.17) is 0 Å². The van der Waals surface area contributed by atoms with Crippen molar-refractivity contribution >= 4 is 6.41 Å².